The van der Waals surface area contributed by atoms with Gasteiger partial charge in [-0.1, -0.05) is 0 Å². The van der Waals surface area contributed by atoms with Gasteiger partial charge in [-0.3, -0.25) is 14.4 Å². The minimum atomic E-state index is -4.63. The average Bonchev–Trinajstić information content (AvgIpc) is 2.79. The molecule has 0 aromatic carbocycles. The summed E-state index contributed by atoms with van der Waals surface area (Å²) in [4.78, 5) is 37.0. The van der Waals surface area contributed by atoms with E-state index in [0.29, 0.717) is 6.42 Å². The lowest BCUT2D eigenvalue weighted by atomic mass is 9.76. The summed E-state index contributed by atoms with van der Waals surface area (Å²) in [5.74, 6) is -3.62. The Kier molecular flexibility index (Phi) is 3.52. The minimum Gasteiger partial charge on any atom is -0.364 e. The highest BCUT2D eigenvalue weighted by Crippen LogP contribution is 2.45. The Labute approximate surface area is 116 Å². The summed E-state index contributed by atoms with van der Waals surface area (Å²) in [6, 6.07) is 1.11. The molecule has 1 saturated carbocycles. The first kappa shape index (κ1) is 15.1. The molecule has 0 atom stereocenters. The van der Waals surface area contributed by atoms with E-state index in [1.807, 2.05) is 0 Å². The Morgan fingerprint density at radius 3 is 2.33 bits per heavy atom. The number of carbonyl (C=O) groups is 3. The van der Waals surface area contributed by atoms with Gasteiger partial charge in [-0.05, 0) is 25.3 Å². The SMILES string of the molecule is NC(=O)c1[nH]ccc1C(=O)C(=O)NC1(C(F)(F)F)CCC1. The van der Waals surface area contributed by atoms with Gasteiger partial charge in [-0.25, -0.2) is 0 Å². The molecule has 21 heavy (non-hydrogen) atoms. The smallest absolute Gasteiger partial charge is 0.364 e. The highest BCUT2D eigenvalue weighted by Gasteiger charge is 2.59. The van der Waals surface area contributed by atoms with Crippen molar-refractivity contribution in [3.8, 4) is 0 Å². The van der Waals surface area contributed by atoms with Crippen molar-refractivity contribution in [2.24, 2.45) is 5.73 Å². The van der Waals surface area contributed by atoms with E-state index >= 15 is 0 Å². The predicted molar refractivity (Wildman–Crippen MR) is 64.4 cm³/mol. The van der Waals surface area contributed by atoms with E-state index < -0.39 is 29.3 Å². The highest BCUT2D eigenvalue weighted by atomic mass is 19.4. The largest absolute Gasteiger partial charge is 0.411 e. The van der Waals surface area contributed by atoms with Crippen LogP contribution in [0.5, 0.6) is 0 Å². The molecule has 0 saturated heterocycles. The normalized spacial score (nSPS) is 16.9. The van der Waals surface area contributed by atoms with Crippen molar-refractivity contribution in [1.82, 2.24) is 10.3 Å². The van der Waals surface area contributed by atoms with Crippen molar-refractivity contribution in [3.05, 3.63) is 23.5 Å². The number of Topliss-reactive ketones (excluding diaryl/α,β-unsaturated/α-hetero) is 1. The van der Waals surface area contributed by atoms with E-state index in [1.54, 1.807) is 5.32 Å². The predicted octanol–water partition coefficient (Wildman–Crippen LogP) is 0.897. The summed E-state index contributed by atoms with van der Waals surface area (Å²) in [5.41, 5.74) is 1.97. The number of hydrogen-bond acceptors (Lipinski definition) is 3. The van der Waals surface area contributed by atoms with Crippen LogP contribution in [0.1, 0.15) is 40.1 Å². The van der Waals surface area contributed by atoms with Gasteiger partial charge in [0.2, 0.25) is 0 Å². The van der Waals surface area contributed by atoms with Crippen LogP contribution in [0.15, 0.2) is 12.3 Å². The monoisotopic (exact) mass is 303 g/mol. The number of rotatable bonds is 4. The lowest BCUT2D eigenvalue weighted by Crippen LogP contribution is -2.64. The molecule has 0 unspecified atom stereocenters. The maximum absolute atomic E-state index is 12.9. The lowest BCUT2D eigenvalue weighted by Gasteiger charge is -2.43. The zero-order valence-corrected chi connectivity index (χ0v) is 10.7. The van der Waals surface area contributed by atoms with Crippen LogP contribution in [0.2, 0.25) is 0 Å². The number of ketones is 1. The van der Waals surface area contributed by atoms with Crippen LogP contribution in [0.25, 0.3) is 0 Å². The van der Waals surface area contributed by atoms with E-state index in [9.17, 15) is 27.6 Å². The van der Waals surface area contributed by atoms with Crippen LogP contribution >= 0.6 is 0 Å². The molecule has 0 aliphatic heterocycles. The second kappa shape index (κ2) is 4.90. The van der Waals surface area contributed by atoms with Gasteiger partial charge in [0.1, 0.15) is 11.2 Å². The van der Waals surface area contributed by atoms with E-state index in [-0.39, 0.29) is 24.1 Å². The maximum atomic E-state index is 12.9. The molecule has 1 heterocycles. The summed E-state index contributed by atoms with van der Waals surface area (Å²) in [6.07, 6.45) is -3.67. The quantitative estimate of drug-likeness (QED) is 0.568. The third kappa shape index (κ3) is 2.50. The fourth-order valence-electron chi connectivity index (χ4n) is 2.17. The molecule has 4 N–H and O–H groups in total. The molecule has 6 nitrogen and oxygen atoms in total. The molecule has 2 amide bonds. The van der Waals surface area contributed by atoms with Gasteiger partial charge in [0.15, 0.2) is 0 Å². The molecule has 9 heteroatoms. The number of H-pyrrole nitrogens is 1. The van der Waals surface area contributed by atoms with E-state index in [1.165, 1.54) is 6.20 Å². The average molecular weight is 303 g/mol. The molecule has 0 bridgehead atoms. The fourth-order valence-corrected chi connectivity index (χ4v) is 2.17. The van der Waals surface area contributed by atoms with Gasteiger partial charge >= 0.3 is 6.18 Å². The fraction of sp³-hybridized carbons (Fsp3) is 0.417. The third-order valence-corrected chi connectivity index (χ3v) is 3.55. The third-order valence-electron chi connectivity index (χ3n) is 3.55. The molecular weight excluding hydrogens is 291 g/mol. The number of aromatic amines is 1. The van der Waals surface area contributed by atoms with E-state index in [2.05, 4.69) is 4.98 Å². The van der Waals surface area contributed by atoms with Crippen molar-refractivity contribution >= 4 is 17.6 Å². The first-order valence-electron chi connectivity index (χ1n) is 6.09. The summed E-state index contributed by atoms with van der Waals surface area (Å²) in [7, 11) is 0. The number of aromatic nitrogens is 1. The summed E-state index contributed by atoms with van der Waals surface area (Å²) in [6.45, 7) is 0. The lowest BCUT2D eigenvalue weighted by molar-refractivity contribution is -0.218. The van der Waals surface area contributed by atoms with Gasteiger partial charge in [-0.15, -0.1) is 0 Å². The second-order valence-electron chi connectivity index (χ2n) is 4.85. The molecule has 114 valence electrons. The topological polar surface area (TPSA) is 105 Å². The number of primary amides is 1. The molecule has 1 aromatic heterocycles. The van der Waals surface area contributed by atoms with Crippen molar-refractivity contribution in [3.63, 3.8) is 0 Å². The standard InChI is InChI=1S/C12H12F3N3O3/c13-12(14,15)11(3-1-4-11)18-10(21)8(19)6-2-5-17-7(6)9(16)20/h2,5,17H,1,3-4H2,(H2,16,20)(H,18,21). The highest BCUT2D eigenvalue weighted by molar-refractivity contribution is 6.44. The molecule has 1 aliphatic rings. The van der Waals surface area contributed by atoms with Crippen LogP contribution in [0.3, 0.4) is 0 Å². The number of nitrogens with one attached hydrogen (secondary N) is 2. The molecular formula is C12H12F3N3O3. The molecule has 0 spiro atoms. The first-order valence-corrected chi connectivity index (χ1v) is 6.09. The Morgan fingerprint density at radius 1 is 1.29 bits per heavy atom. The second-order valence-corrected chi connectivity index (χ2v) is 4.85. The molecule has 1 aromatic rings. The molecule has 2 rings (SSSR count). The number of amides is 2. The Hall–Kier alpha value is -2.32. The van der Waals surface area contributed by atoms with E-state index in [0.717, 1.165) is 6.07 Å². The zero-order chi connectivity index (χ0) is 15.8. The van der Waals surface area contributed by atoms with Crippen LogP contribution in [-0.4, -0.2) is 34.3 Å². The number of hydrogen-bond donors (Lipinski definition) is 3. The van der Waals surface area contributed by atoms with Crippen LogP contribution < -0.4 is 11.1 Å². The van der Waals surface area contributed by atoms with Gasteiger partial charge in [-0.2, -0.15) is 13.2 Å². The van der Waals surface area contributed by atoms with Crippen LogP contribution in [0.4, 0.5) is 13.2 Å². The van der Waals surface area contributed by atoms with Gasteiger partial charge < -0.3 is 16.0 Å². The summed E-state index contributed by atoms with van der Waals surface area (Å²) in [5, 5.41) is 1.74. The Morgan fingerprint density at radius 2 is 1.90 bits per heavy atom. The van der Waals surface area contributed by atoms with Gasteiger partial charge in [0.25, 0.3) is 17.6 Å². The van der Waals surface area contributed by atoms with Crippen molar-refractivity contribution in [2.75, 3.05) is 0 Å². The molecule has 0 radical (unpaired) electrons. The van der Waals surface area contributed by atoms with Crippen molar-refractivity contribution in [2.45, 2.75) is 31.0 Å². The van der Waals surface area contributed by atoms with Crippen molar-refractivity contribution in [1.29, 1.82) is 0 Å². The number of nitrogens with two attached hydrogens (primary N) is 1. The van der Waals surface area contributed by atoms with Crippen LogP contribution in [0, 0.1) is 0 Å². The summed E-state index contributed by atoms with van der Waals surface area (Å²) < 4.78 is 38.8. The summed E-state index contributed by atoms with van der Waals surface area (Å²) >= 11 is 0. The maximum Gasteiger partial charge on any atom is 0.411 e. The zero-order valence-electron chi connectivity index (χ0n) is 10.7. The molecule has 1 fully saturated rings. The minimum absolute atomic E-state index is 0.272. The van der Waals surface area contributed by atoms with Crippen molar-refractivity contribution < 1.29 is 27.6 Å². The van der Waals surface area contributed by atoms with Crippen LogP contribution in [-0.2, 0) is 4.79 Å². The van der Waals surface area contributed by atoms with Gasteiger partial charge in [0, 0.05) is 6.20 Å². The molecule has 1 aliphatic carbocycles. The number of halogens is 3. The Balaban J connectivity index is 2.19. The van der Waals surface area contributed by atoms with E-state index in [4.69, 9.17) is 5.73 Å². The first-order chi connectivity index (χ1) is 9.68. The Bertz CT molecular complexity index is 602. The van der Waals surface area contributed by atoms with Gasteiger partial charge in [0.05, 0.1) is 5.56 Å². The number of carbonyl (C=O) groups excluding carboxylic acids is 3. The number of alkyl halides is 3.